The maximum Gasteiger partial charge on any atom is 0.00884 e. The van der Waals surface area contributed by atoms with Gasteiger partial charge in [-0.05, 0) is 39.2 Å². The van der Waals surface area contributed by atoms with Crippen molar-refractivity contribution in [3.05, 3.63) is 0 Å². The molecule has 0 atom stereocenters. The zero-order valence-electron chi connectivity index (χ0n) is 8.18. The van der Waals surface area contributed by atoms with Gasteiger partial charge in [-0.25, -0.2) is 0 Å². The minimum absolute atomic E-state index is 0.774. The fraction of sp³-hybridized carbons (Fsp3) is 1.00. The van der Waals surface area contributed by atoms with Crippen molar-refractivity contribution < 1.29 is 0 Å². The van der Waals surface area contributed by atoms with E-state index in [1.54, 1.807) is 0 Å². The maximum absolute atomic E-state index is 3.35. The number of rotatable bonds is 4. The van der Waals surface area contributed by atoms with Crippen molar-refractivity contribution in [3.63, 3.8) is 0 Å². The second kappa shape index (κ2) is 5.84. The molecule has 0 aromatic carbocycles. The second-order valence-corrected chi connectivity index (χ2v) is 4.38. The van der Waals surface area contributed by atoms with E-state index in [4.69, 9.17) is 0 Å². The lowest BCUT2D eigenvalue weighted by Crippen LogP contribution is -2.41. The Morgan fingerprint density at radius 2 is 2.08 bits per heavy atom. The molecule has 0 unspecified atom stereocenters. The Balaban J connectivity index is 2.09. The molecule has 12 heavy (non-hydrogen) atoms. The fourth-order valence-corrected chi connectivity index (χ4v) is 2.11. The quantitative estimate of drug-likeness (QED) is 0.709. The number of hydrogen-bond acceptors (Lipinski definition) is 3. The Hall–Kier alpha value is 0.270. The van der Waals surface area contributed by atoms with E-state index >= 15 is 0 Å². The molecule has 0 aromatic rings. The lowest BCUT2D eigenvalue weighted by molar-refractivity contribution is 0.212. The van der Waals surface area contributed by atoms with Crippen LogP contribution in [-0.4, -0.2) is 49.6 Å². The number of thioether (sulfide) groups is 1. The molecule has 1 heterocycles. The minimum Gasteiger partial charge on any atom is -0.317 e. The van der Waals surface area contributed by atoms with Gasteiger partial charge in [-0.15, -0.1) is 0 Å². The first-order chi connectivity index (χ1) is 5.86. The summed E-state index contributed by atoms with van der Waals surface area (Å²) in [6.45, 7) is 3.84. The predicted octanol–water partition coefficient (Wildman–Crippen LogP) is 1.03. The van der Waals surface area contributed by atoms with E-state index in [1.165, 1.54) is 38.2 Å². The van der Waals surface area contributed by atoms with E-state index in [-0.39, 0.29) is 0 Å². The summed E-state index contributed by atoms with van der Waals surface area (Å²) in [6, 6.07) is 0.774. The average molecular weight is 188 g/mol. The lowest BCUT2D eigenvalue weighted by Gasteiger charge is -2.31. The summed E-state index contributed by atoms with van der Waals surface area (Å²) in [5.41, 5.74) is 0. The largest absolute Gasteiger partial charge is 0.317 e. The Kier molecular flexibility index (Phi) is 5.04. The van der Waals surface area contributed by atoms with Crippen LogP contribution in [0.5, 0.6) is 0 Å². The summed E-state index contributed by atoms with van der Waals surface area (Å²) in [7, 11) is 2.07. The van der Waals surface area contributed by atoms with Crippen LogP contribution in [-0.2, 0) is 0 Å². The molecule has 2 nitrogen and oxygen atoms in total. The fourth-order valence-electron chi connectivity index (χ4n) is 1.67. The van der Waals surface area contributed by atoms with Gasteiger partial charge in [0, 0.05) is 18.3 Å². The van der Waals surface area contributed by atoms with E-state index in [9.17, 15) is 0 Å². The Morgan fingerprint density at radius 1 is 1.42 bits per heavy atom. The molecular formula is C9H20N2S. The zero-order valence-corrected chi connectivity index (χ0v) is 8.99. The summed E-state index contributed by atoms with van der Waals surface area (Å²) in [6.07, 6.45) is 4.83. The van der Waals surface area contributed by atoms with Crippen LogP contribution in [0, 0.1) is 0 Å². The molecule has 1 aliphatic rings. The van der Waals surface area contributed by atoms with Crippen molar-refractivity contribution in [2.75, 3.05) is 38.7 Å². The van der Waals surface area contributed by atoms with Crippen LogP contribution in [0.1, 0.15) is 12.8 Å². The van der Waals surface area contributed by atoms with Gasteiger partial charge >= 0.3 is 0 Å². The highest BCUT2D eigenvalue weighted by molar-refractivity contribution is 7.98. The second-order valence-electron chi connectivity index (χ2n) is 3.40. The van der Waals surface area contributed by atoms with Gasteiger partial charge < -0.3 is 10.2 Å². The molecule has 0 radical (unpaired) electrons. The third-order valence-electron chi connectivity index (χ3n) is 2.61. The summed E-state index contributed by atoms with van der Waals surface area (Å²) in [4.78, 5) is 2.57. The molecule has 0 spiro atoms. The van der Waals surface area contributed by atoms with Crippen LogP contribution in [0.25, 0.3) is 0 Å². The topological polar surface area (TPSA) is 15.3 Å². The van der Waals surface area contributed by atoms with Crippen LogP contribution in [0.2, 0.25) is 0 Å². The summed E-state index contributed by atoms with van der Waals surface area (Å²) in [5, 5.41) is 3.35. The summed E-state index contributed by atoms with van der Waals surface area (Å²) in [5.74, 6) is 1.28. The number of hydrogen-bond donors (Lipinski definition) is 1. The summed E-state index contributed by atoms with van der Waals surface area (Å²) < 4.78 is 0. The summed E-state index contributed by atoms with van der Waals surface area (Å²) >= 11 is 1.94. The van der Waals surface area contributed by atoms with Gasteiger partial charge in [-0.2, -0.15) is 11.8 Å². The van der Waals surface area contributed by atoms with Crippen LogP contribution >= 0.6 is 11.8 Å². The van der Waals surface area contributed by atoms with Crippen molar-refractivity contribution in [3.8, 4) is 0 Å². The third-order valence-corrected chi connectivity index (χ3v) is 3.20. The van der Waals surface area contributed by atoms with E-state index in [0.29, 0.717) is 0 Å². The highest BCUT2D eigenvalue weighted by Gasteiger charge is 2.16. The van der Waals surface area contributed by atoms with Gasteiger partial charge in [0.05, 0.1) is 0 Å². The van der Waals surface area contributed by atoms with Gasteiger partial charge in [-0.1, -0.05) is 0 Å². The van der Waals surface area contributed by atoms with Gasteiger partial charge in [-0.3, -0.25) is 0 Å². The predicted molar refractivity (Wildman–Crippen MR) is 56.9 cm³/mol. The number of nitrogens with zero attached hydrogens (tertiary/aromatic N) is 1. The Labute approximate surface area is 80.1 Å². The molecule has 0 saturated carbocycles. The maximum atomic E-state index is 3.35. The average Bonchev–Trinajstić information content (AvgIpc) is 2.15. The van der Waals surface area contributed by atoms with Crippen LogP contribution in [0.4, 0.5) is 0 Å². The van der Waals surface area contributed by atoms with Crippen molar-refractivity contribution in [2.45, 2.75) is 18.9 Å². The van der Waals surface area contributed by atoms with E-state index in [0.717, 1.165) is 6.04 Å². The monoisotopic (exact) mass is 188 g/mol. The molecule has 1 saturated heterocycles. The molecule has 1 rings (SSSR count). The molecular weight excluding hydrogens is 168 g/mol. The highest BCUT2D eigenvalue weighted by atomic mass is 32.2. The standard InChI is InChI=1S/C9H20N2S/c1-10-9-3-5-11(6-4-9)7-8-12-2/h9-10H,3-8H2,1-2H3. The smallest absolute Gasteiger partial charge is 0.00884 e. The number of piperidine rings is 1. The lowest BCUT2D eigenvalue weighted by atomic mass is 10.1. The van der Waals surface area contributed by atoms with Crippen molar-refractivity contribution in [1.82, 2.24) is 10.2 Å². The number of nitrogens with one attached hydrogen (secondary N) is 1. The van der Waals surface area contributed by atoms with E-state index in [1.807, 2.05) is 11.8 Å². The Bertz CT molecular complexity index is 111. The van der Waals surface area contributed by atoms with Gasteiger partial charge in [0.1, 0.15) is 0 Å². The molecule has 0 bridgehead atoms. The first-order valence-corrected chi connectivity index (χ1v) is 6.14. The number of likely N-dealkylation sites (tertiary alicyclic amines) is 1. The zero-order chi connectivity index (χ0) is 8.81. The Morgan fingerprint density at radius 3 is 2.58 bits per heavy atom. The molecule has 1 aliphatic heterocycles. The van der Waals surface area contributed by atoms with Crippen molar-refractivity contribution >= 4 is 11.8 Å². The molecule has 3 heteroatoms. The molecule has 0 amide bonds. The molecule has 1 fully saturated rings. The normalized spacial score (nSPS) is 21.5. The van der Waals surface area contributed by atoms with E-state index in [2.05, 4.69) is 23.5 Å². The van der Waals surface area contributed by atoms with E-state index < -0.39 is 0 Å². The van der Waals surface area contributed by atoms with Gasteiger partial charge in [0.25, 0.3) is 0 Å². The van der Waals surface area contributed by atoms with Gasteiger partial charge in [0.15, 0.2) is 0 Å². The molecule has 72 valence electrons. The highest BCUT2D eigenvalue weighted by Crippen LogP contribution is 2.09. The van der Waals surface area contributed by atoms with Gasteiger partial charge in [0.2, 0.25) is 0 Å². The van der Waals surface area contributed by atoms with Crippen LogP contribution < -0.4 is 5.32 Å². The molecule has 0 aromatic heterocycles. The van der Waals surface area contributed by atoms with Crippen molar-refractivity contribution in [1.29, 1.82) is 0 Å². The third kappa shape index (κ3) is 3.33. The van der Waals surface area contributed by atoms with Crippen LogP contribution in [0.15, 0.2) is 0 Å². The SMILES string of the molecule is CNC1CCN(CCSC)CC1. The van der Waals surface area contributed by atoms with Crippen molar-refractivity contribution in [2.24, 2.45) is 0 Å². The first kappa shape index (κ1) is 10.4. The minimum atomic E-state index is 0.774. The first-order valence-electron chi connectivity index (χ1n) is 4.75. The van der Waals surface area contributed by atoms with Crippen LogP contribution in [0.3, 0.4) is 0 Å². The molecule has 0 aliphatic carbocycles. The molecule has 1 N–H and O–H groups in total.